The predicted octanol–water partition coefficient (Wildman–Crippen LogP) is 0.802. The van der Waals surface area contributed by atoms with E-state index in [1.165, 1.54) is 0 Å². The van der Waals surface area contributed by atoms with Gasteiger partial charge in [-0.3, -0.25) is 9.48 Å². The number of nitrogens with two attached hydrogens (primary N) is 1. The van der Waals surface area contributed by atoms with Crippen LogP contribution in [0.15, 0.2) is 18.5 Å². The average Bonchev–Trinajstić information content (AvgIpc) is 3.13. The van der Waals surface area contributed by atoms with E-state index in [1.54, 1.807) is 24.1 Å². The second kappa shape index (κ2) is 6.56. The number of amides is 1. The Labute approximate surface area is 140 Å². The molecule has 3 heterocycles. The third-order valence-electron chi connectivity index (χ3n) is 4.36. The second-order valence-corrected chi connectivity index (χ2v) is 6.08. The van der Waals surface area contributed by atoms with Crippen molar-refractivity contribution in [2.75, 3.05) is 19.4 Å². The molecule has 0 aromatic carbocycles. The molecule has 128 valence electrons. The third kappa shape index (κ3) is 3.23. The number of carbonyl (C=O) groups excluding carboxylic acids is 1. The first kappa shape index (κ1) is 16.4. The molecule has 8 heteroatoms. The number of aryl methyl sites for hydroxylation is 2. The monoisotopic (exact) mass is 330 g/mol. The molecule has 1 aliphatic rings. The van der Waals surface area contributed by atoms with Crippen molar-refractivity contribution in [3.8, 4) is 0 Å². The lowest BCUT2D eigenvalue weighted by Gasteiger charge is -2.24. The van der Waals surface area contributed by atoms with E-state index in [4.69, 9.17) is 10.5 Å². The van der Waals surface area contributed by atoms with E-state index >= 15 is 0 Å². The molecule has 0 bridgehead atoms. The van der Waals surface area contributed by atoms with Crippen molar-refractivity contribution >= 4 is 11.7 Å². The van der Waals surface area contributed by atoms with Gasteiger partial charge in [-0.25, -0.2) is 9.97 Å². The van der Waals surface area contributed by atoms with Gasteiger partial charge in [0.05, 0.1) is 29.9 Å². The predicted molar refractivity (Wildman–Crippen MR) is 88.4 cm³/mol. The standard InChI is InChI=1S/C16H22N6O2/c1-10-14(7-18-11(2)19-10)16(23)22-9-13(24-3)6-12(22)8-21-5-4-15(17)20-21/h4-5,7,12-13H,6,8-9H2,1-3H3,(H2,17,20)/t12-,13-/m0/s1. The van der Waals surface area contributed by atoms with Crippen molar-refractivity contribution < 1.29 is 9.53 Å². The van der Waals surface area contributed by atoms with Crippen molar-refractivity contribution in [2.24, 2.45) is 0 Å². The average molecular weight is 330 g/mol. The summed E-state index contributed by atoms with van der Waals surface area (Å²) in [6.07, 6.45) is 4.19. The van der Waals surface area contributed by atoms with E-state index < -0.39 is 0 Å². The van der Waals surface area contributed by atoms with Gasteiger partial charge >= 0.3 is 0 Å². The maximum absolute atomic E-state index is 13.0. The Bertz CT molecular complexity index is 744. The molecule has 2 aromatic heterocycles. The molecule has 2 atom stereocenters. The molecule has 0 radical (unpaired) electrons. The van der Waals surface area contributed by atoms with Gasteiger partial charge in [0.1, 0.15) is 11.6 Å². The summed E-state index contributed by atoms with van der Waals surface area (Å²) < 4.78 is 7.23. The Balaban J connectivity index is 1.83. The quantitative estimate of drug-likeness (QED) is 0.890. The van der Waals surface area contributed by atoms with Gasteiger partial charge < -0.3 is 15.4 Å². The highest BCUT2D eigenvalue weighted by atomic mass is 16.5. The summed E-state index contributed by atoms with van der Waals surface area (Å²) in [4.78, 5) is 23.3. The Morgan fingerprint density at radius 3 is 2.88 bits per heavy atom. The van der Waals surface area contributed by atoms with Crippen LogP contribution in [-0.4, -0.2) is 56.4 Å². The lowest BCUT2D eigenvalue weighted by molar-refractivity contribution is 0.0677. The largest absolute Gasteiger partial charge is 0.382 e. The Kier molecular flexibility index (Phi) is 4.48. The molecular formula is C16H22N6O2. The lowest BCUT2D eigenvalue weighted by Crippen LogP contribution is -2.39. The van der Waals surface area contributed by atoms with Crippen LogP contribution in [0.2, 0.25) is 0 Å². The number of rotatable bonds is 4. The molecule has 0 spiro atoms. The van der Waals surface area contributed by atoms with Gasteiger partial charge in [-0.15, -0.1) is 0 Å². The van der Waals surface area contributed by atoms with Crippen molar-refractivity contribution in [2.45, 2.75) is 39.0 Å². The van der Waals surface area contributed by atoms with Crippen LogP contribution in [0.3, 0.4) is 0 Å². The van der Waals surface area contributed by atoms with Gasteiger partial charge in [-0.2, -0.15) is 5.10 Å². The highest BCUT2D eigenvalue weighted by molar-refractivity contribution is 5.95. The number of anilines is 1. The SMILES string of the molecule is CO[C@H]1C[C@@H](Cn2ccc(N)n2)N(C(=O)c2cnc(C)nc2C)C1. The zero-order chi connectivity index (χ0) is 17.3. The van der Waals surface area contributed by atoms with Crippen molar-refractivity contribution in [3.05, 3.63) is 35.5 Å². The fourth-order valence-electron chi connectivity index (χ4n) is 3.11. The minimum absolute atomic E-state index is 0.0116. The van der Waals surface area contributed by atoms with E-state index in [-0.39, 0.29) is 18.1 Å². The van der Waals surface area contributed by atoms with Gasteiger partial charge in [-0.1, -0.05) is 0 Å². The Hall–Kier alpha value is -2.48. The maximum Gasteiger partial charge on any atom is 0.257 e. The molecule has 1 saturated heterocycles. The van der Waals surface area contributed by atoms with Gasteiger partial charge in [0.25, 0.3) is 5.91 Å². The maximum atomic E-state index is 13.0. The second-order valence-electron chi connectivity index (χ2n) is 6.08. The molecule has 2 aromatic rings. The van der Waals surface area contributed by atoms with Gasteiger partial charge in [0, 0.05) is 26.0 Å². The van der Waals surface area contributed by atoms with Crippen LogP contribution in [-0.2, 0) is 11.3 Å². The topological polar surface area (TPSA) is 99.2 Å². The highest BCUT2D eigenvalue weighted by Gasteiger charge is 2.36. The third-order valence-corrected chi connectivity index (χ3v) is 4.36. The molecule has 0 saturated carbocycles. The molecule has 24 heavy (non-hydrogen) atoms. The normalized spacial score (nSPS) is 20.5. The summed E-state index contributed by atoms with van der Waals surface area (Å²) in [6.45, 7) is 4.76. The summed E-state index contributed by atoms with van der Waals surface area (Å²) in [5.74, 6) is 1.05. The van der Waals surface area contributed by atoms with Crippen molar-refractivity contribution in [3.63, 3.8) is 0 Å². The zero-order valence-electron chi connectivity index (χ0n) is 14.1. The number of carbonyl (C=O) groups is 1. The number of methoxy groups -OCH3 is 1. The molecular weight excluding hydrogens is 308 g/mol. The smallest absolute Gasteiger partial charge is 0.257 e. The minimum Gasteiger partial charge on any atom is -0.382 e. The minimum atomic E-state index is -0.0721. The molecule has 1 amide bonds. The van der Waals surface area contributed by atoms with Crippen LogP contribution in [0.5, 0.6) is 0 Å². The van der Waals surface area contributed by atoms with E-state index in [0.717, 1.165) is 6.42 Å². The number of hydrogen-bond donors (Lipinski definition) is 1. The number of aromatic nitrogens is 4. The summed E-state index contributed by atoms with van der Waals surface area (Å²) in [5.41, 5.74) is 6.89. The first-order valence-electron chi connectivity index (χ1n) is 7.91. The van der Waals surface area contributed by atoms with Crippen molar-refractivity contribution in [1.82, 2.24) is 24.6 Å². The van der Waals surface area contributed by atoms with Crippen LogP contribution in [0.25, 0.3) is 0 Å². The fourth-order valence-corrected chi connectivity index (χ4v) is 3.11. The van der Waals surface area contributed by atoms with Crippen LogP contribution in [0, 0.1) is 13.8 Å². The molecule has 8 nitrogen and oxygen atoms in total. The van der Waals surface area contributed by atoms with Gasteiger partial charge in [-0.05, 0) is 26.3 Å². The Morgan fingerprint density at radius 1 is 1.46 bits per heavy atom. The van der Waals surface area contributed by atoms with Crippen LogP contribution in [0.4, 0.5) is 5.82 Å². The zero-order valence-corrected chi connectivity index (χ0v) is 14.1. The van der Waals surface area contributed by atoms with Crippen LogP contribution in [0.1, 0.15) is 28.3 Å². The number of hydrogen-bond acceptors (Lipinski definition) is 6. The van der Waals surface area contributed by atoms with Gasteiger partial charge in [0.15, 0.2) is 0 Å². The first-order valence-corrected chi connectivity index (χ1v) is 7.91. The molecule has 2 N–H and O–H groups in total. The number of nitrogen functional groups attached to an aromatic ring is 1. The van der Waals surface area contributed by atoms with E-state index in [1.807, 2.05) is 24.9 Å². The molecule has 1 fully saturated rings. The molecule has 1 aliphatic heterocycles. The summed E-state index contributed by atoms with van der Waals surface area (Å²) in [7, 11) is 1.67. The van der Waals surface area contributed by atoms with E-state index in [0.29, 0.717) is 36.0 Å². The Morgan fingerprint density at radius 2 is 2.25 bits per heavy atom. The highest BCUT2D eigenvalue weighted by Crippen LogP contribution is 2.24. The van der Waals surface area contributed by atoms with Crippen molar-refractivity contribution in [1.29, 1.82) is 0 Å². The van der Waals surface area contributed by atoms with E-state index in [9.17, 15) is 4.79 Å². The number of nitrogens with zero attached hydrogens (tertiary/aromatic N) is 5. The fraction of sp³-hybridized carbons (Fsp3) is 0.500. The van der Waals surface area contributed by atoms with Crippen LogP contribution < -0.4 is 5.73 Å². The molecule has 0 aliphatic carbocycles. The first-order chi connectivity index (χ1) is 11.5. The molecule has 0 unspecified atom stereocenters. The summed E-state index contributed by atoms with van der Waals surface area (Å²) in [6, 6.07) is 1.73. The molecule has 3 rings (SSSR count). The summed E-state index contributed by atoms with van der Waals surface area (Å²) in [5, 5.41) is 4.21. The lowest BCUT2D eigenvalue weighted by atomic mass is 10.1. The van der Waals surface area contributed by atoms with E-state index in [2.05, 4.69) is 15.1 Å². The summed E-state index contributed by atoms with van der Waals surface area (Å²) >= 11 is 0. The number of ether oxygens (including phenoxy) is 1. The van der Waals surface area contributed by atoms with Gasteiger partial charge in [0.2, 0.25) is 0 Å². The van der Waals surface area contributed by atoms with Crippen LogP contribution >= 0.6 is 0 Å². The number of likely N-dealkylation sites (tertiary alicyclic amines) is 1.